The fourth-order valence-electron chi connectivity index (χ4n) is 5.20. The van der Waals surface area contributed by atoms with Gasteiger partial charge >= 0.3 is 0 Å². The highest BCUT2D eigenvalue weighted by Gasteiger charge is 2.55. The molecular weight excluding hydrogens is 516 g/mol. The van der Waals surface area contributed by atoms with Gasteiger partial charge in [0.2, 0.25) is 11.8 Å². The van der Waals surface area contributed by atoms with Gasteiger partial charge < -0.3 is 15.1 Å². The quantitative estimate of drug-likeness (QED) is 0.387. The molecule has 2 saturated heterocycles. The van der Waals surface area contributed by atoms with E-state index in [1.165, 1.54) is 34.4 Å². The van der Waals surface area contributed by atoms with E-state index in [0.717, 1.165) is 15.0 Å². The Morgan fingerprint density at radius 1 is 1.03 bits per heavy atom. The molecular formula is C29H34N4O3S2. The number of amides is 3. The van der Waals surface area contributed by atoms with Crippen molar-refractivity contribution in [3.8, 4) is 0 Å². The number of hydrogen-bond donors (Lipinski definition) is 2. The van der Waals surface area contributed by atoms with E-state index in [2.05, 4.69) is 55.9 Å². The number of carbonyl (C=O) groups excluding carboxylic acids is 3. The molecule has 2 aliphatic heterocycles. The van der Waals surface area contributed by atoms with E-state index in [1.54, 1.807) is 0 Å². The molecule has 3 unspecified atom stereocenters. The van der Waals surface area contributed by atoms with Crippen LogP contribution in [0.5, 0.6) is 0 Å². The van der Waals surface area contributed by atoms with Crippen LogP contribution in [0.2, 0.25) is 0 Å². The van der Waals surface area contributed by atoms with E-state index < -0.39 is 6.04 Å². The van der Waals surface area contributed by atoms with Crippen molar-refractivity contribution in [3.05, 3.63) is 64.5 Å². The van der Waals surface area contributed by atoms with Gasteiger partial charge in [-0.05, 0) is 67.3 Å². The minimum absolute atomic E-state index is 0.0364. The maximum atomic E-state index is 13.4. The highest BCUT2D eigenvalue weighted by Crippen LogP contribution is 2.35. The van der Waals surface area contributed by atoms with Crippen molar-refractivity contribution in [2.24, 2.45) is 5.92 Å². The highest BCUT2D eigenvalue weighted by atomic mass is 32.2. The average molecular weight is 551 g/mol. The highest BCUT2D eigenvalue weighted by molar-refractivity contribution is 7.97. The number of hydrogen-bond acceptors (Lipinski definition) is 6. The Hall–Kier alpha value is -2.88. The number of rotatable bonds is 9. The summed E-state index contributed by atoms with van der Waals surface area (Å²) in [4.78, 5) is 44.7. The lowest BCUT2D eigenvalue weighted by molar-refractivity contribution is -0.177. The monoisotopic (exact) mass is 550 g/mol. The summed E-state index contributed by atoms with van der Waals surface area (Å²) in [6.07, 6.45) is 0.575. The van der Waals surface area contributed by atoms with Gasteiger partial charge in [0.15, 0.2) is 0 Å². The molecule has 9 heteroatoms. The zero-order valence-corrected chi connectivity index (χ0v) is 23.8. The summed E-state index contributed by atoms with van der Waals surface area (Å²) >= 11 is 2.91. The van der Waals surface area contributed by atoms with Gasteiger partial charge in [-0.15, -0.1) is 11.3 Å². The van der Waals surface area contributed by atoms with Crippen molar-refractivity contribution in [2.45, 2.75) is 57.1 Å². The fraction of sp³-hybridized carbons (Fsp3) is 0.414. The van der Waals surface area contributed by atoms with Crippen molar-refractivity contribution < 1.29 is 14.4 Å². The zero-order valence-electron chi connectivity index (χ0n) is 22.2. The summed E-state index contributed by atoms with van der Waals surface area (Å²) in [5, 5.41) is 4.04. The van der Waals surface area contributed by atoms with E-state index in [1.807, 2.05) is 40.1 Å². The Bertz CT molecular complexity index is 1340. The first-order valence-corrected chi connectivity index (χ1v) is 14.7. The standard InChI is InChI=1S/C29H34N4O3S2/c1-17(2)11-21(31-28(35)26-13-20-7-5-6-8-25(20)37-26)29(36)33-16-22-23(33)15-32(22)27(34)14-30-38-24-10-9-18(3)12-19(24)4/h5-10,12-13,17,21-23,30H,11,14-16H2,1-4H3,(H,31,35). The molecule has 3 heterocycles. The molecule has 0 spiro atoms. The lowest BCUT2D eigenvalue weighted by Gasteiger charge is -2.62. The largest absolute Gasteiger partial charge is 0.340 e. The van der Waals surface area contributed by atoms with E-state index >= 15 is 0 Å². The minimum atomic E-state index is -0.575. The Morgan fingerprint density at radius 2 is 1.76 bits per heavy atom. The van der Waals surface area contributed by atoms with Crippen LogP contribution in [0.4, 0.5) is 0 Å². The third-order valence-electron chi connectivity index (χ3n) is 7.31. The molecule has 0 radical (unpaired) electrons. The average Bonchev–Trinajstić information content (AvgIpc) is 3.30. The van der Waals surface area contributed by atoms with Gasteiger partial charge in [-0.2, -0.15) is 0 Å². The number of piperazine rings is 1. The van der Waals surface area contributed by atoms with Crippen LogP contribution >= 0.6 is 23.3 Å². The first kappa shape index (κ1) is 26.7. The number of fused-ring (bicyclic) bond motifs is 2. The van der Waals surface area contributed by atoms with Gasteiger partial charge in [0.25, 0.3) is 5.91 Å². The van der Waals surface area contributed by atoms with Crippen LogP contribution in [0, 0.1) is 19.8 Å². The normalized spacial score (nSPS) is 19.1. The molecule has 3 amide bonds. The fourth-order valence-corrected chi connectivity index (χ4v) is 6.87. The van der Waals surface area contributed by atoms with Gasteiger partial charge in [-0.25, -0.2) is 0 Å². The predicted octanol–water partition coefficient (Wildman–Crippen LogP) is 4.38. The molecule has 2 fully saturated rings. The van der Waals surface area contributed by atoms with Crippen molar-refractivity contribution in [2.75, 3.05) is 19.6 Å². The van der Waals surface area contributed by atoms with Crippen LogP contribution in [0.3, 0.4) is 0 Å². The Labute approximate surface area is 232 Å². The molecule has 200 valence electrons. The lowest BCUT2D eigenvalue weighted by atomic mass is 9.84. The van der Waals surface area contributed by atoms with Crippen LogP contribution in [-0.2, 0) is 9.59 Å². The van der Waals surface area contributed by atoms with Crippen molar-refractivity contribution in [1.29, 1.82) is 0 Å². The number of thiophene rings is 1. The molecule has 1 aromatic heterocycles. The molecule has 0 saturated carbocycles. The summed E-state index contributed by atoms with van der Waals surface area (Å²) in [6.45, 7) is 9.55. The van der Waals surface area contributed by atoms with E-state index in [9.17, 15) is 14.4 Å². The Morgan fingerprint density at radius 3 is 2.45 bits per heavy atom. The van der Waals surface area contributed by atoms with Crippen LogP contribution < -0.4 is 10.0 Å². The summed E-state index contributed by atoms with van der Waals surface area (Å²) in [7, 11) is 0. The number of nitrogens with one attached hydrogen (secondary N) is 2. The minimum Gasteiger partial charge on any atom is -0.340 e. The molecule has 3 atom stereocenters. The smallest absolute Gasteiger partial charge is 0.262 e. The second-order valence-electron chi connectivity index (χ2n) is 10.7. The maximum absolute atomic E-state index is 13.4. The number of likely N-dealkylation sites (tertiary alicyclic amines) is 2. The summed E-state index contributed by atoms with van der Waals surface area (Å²) in [6, 6.07) is 15.6. The lowest BCUT2D eigenvalue weighted by Crippen LogP contribution is -2.82. The van der Waals surface area contributed by atoms with Gasteiger partial charge in [0.1, 0.15) is 6.04 Å². The third-order valence-corrected chi connectivity index (χ3v) is 9.39. The number of nitrogens with zero attached hydrogens (tertiary/aromatic N) is 2. The van der Waals surface area contributed by atoms with Gasteiger partial charge in [0.05, 0.1) is 23.5 Å². The second kappa shape index (κ2) is 11.1. The van der Waals surface area contributed by atoms with Crippen molar-refractivity contribution in [3.63, 3.8) is 0 Å². The molecule has 0 bridgehead atoms. The zero-order chi connectivity index (χ0) is 27.0. The Kier molecular flexibility index (Phi) is 7.79. The van der Waals surface area contributed by atoms with E-state index in [-0.39, 0.29) is 42.3 Å². The van der Waals surface area contributed by atoms with E-state index in [0.29, 0.717) is 24.4 Å². The number of aryl methyl sites for hydroxylation is 2. The summed E-state index contributed by atoms with van der Waals surface area (Å²) in [5.41, 5.74) is 2.40. The number of carbonyl (C=O) groups is 3. The van der Waals surface area contributed by atoms with Crippen LogP contribution in [0.25, 0.3) is 10.1 Å². The van der Waals surface area contributed by atoms with E-state index in [4.69, 9.17) is 0 Å². The Balaban J connectivity index is 1.13. The van der Waals surface area contributed by atoms with Crippen molar-refractivity contribution in [1.82, 2.24) is 19.8 Å². The molecule has 38 heavy (non-hydrogen) atoms. The maximum Gasteiger partial charge on any atom is 0.262 e. The molecule has 3 aromatic rings. The van der Waals surface area contributed by atoms with Gasteiger partial charge in [0, 0.05) is 22.7 Å². The molecule has 0 aliphatic carbocycles. The number of benzene rings is 2. The third kappa shape index (κ3) is 5.46. The van der Waals surface area contributed by atoms with Crippen LogP contribution in [-0.4, -0.2) is 65.3 Å². The topological polar surface area (TPSA) is 81.8 Å². The predicted molar refractivity (Wildman–Crippen MR) is 153 cm³/mol. The van der Waals surface area contributed by atoms with Gasteiger partial charge in [-0.1, -0.05) is 49.7 Å². The molecule has 2 aliphatic rings. The molecule has 2 aromatic carbocycles. The summed E-state index contributed by atoms with van der Waals surface area (Å²) in [5.74, 6) is 0.0430. The molecule has 7 nitrogen and oxygen atoms in total. The molecule has 5 rings (SSSR count). The molecule has 2 N–H and O–H groups in total. The first-order valence-electron chi connectivity index (χ1n) is 13.1. The van der Waals surface area contributed by atoms with Crippen molar-refractivity contribution >= 4 is 51.1 Å². The van der Waals surface area contributed by atoms with Crippen LogP contribution in [0.1, 0.15) is 41.1 Å². The van der Waals surface area contributed by atoms with Crippen LogP contribution in [0.15, 0.2) is 53.4 Å². The SMILES string of the molecule is Cc1ccc(SNCC(=O)N2CC3C2CN3C(=O)C(CC(C)C)NC(=O)c2cc3ccccc3s2)c(C)c1. The second-order valence-corrected chi connectivity index (χ2v) is 12.7. The van der Waals surface area contributed by atoms with Gasteiger partial charge in [-0.3, -0.25) is 19.1 Å². The first-order chi connectivity index (χ1) is 18.2. The summed E-state index contributed by atoms with van der Waals surface area (Å²) < 4.78 is 4.24.